The van der Waals surface area contributed by atoms with E-state index in [1.807, 2.05) is 27.7 Å². The zero-order valence-corrected chi connectivity index (χ0v) is 22.3. The summed E-state index contributed by atoms with van der Waals surface area (Å²) in [6.45, 7) is 17.0. The average Bonchev–Trinajstić information content (AvgIpc) is 2.97. The summed E-state index contributed by atoms with van der Waals surface area (Å²) in [5, 5.41) is 5.92. The first-order valence-corrected chi connectivity index (χ1v) is 12.4. The molecule has 3 rings (SSSR count). The summed E-state index contributed by atoms with van der Waals surface area (Å²) < 4.78 is 17.4. The Balaban J connectivity index is 1.48. The molecular formula is C24H40BN5O5. The van der Waals surface area contributed by atoms with E-state index in [1.165, 1.54) is 0 Å². The van der Waals surface area contributed by atoms with Crippen LogP contribution in [0, 0.1) is 5.92 Å². The monoisotopic (exact) mass is 489 g/mol. The van der Waals surface area contributed by atoms with Crippen molar-refractivity contribution in [3.8, 4) is 0 Å². The predicted octanol–water partition coefficient (Wildman–Crippen LogP) is 2.34. The Hall–Kier alpha value is -2.40. The normalized spacial score (nSPS) is 22.5. The molecule has 0 spiro atoms. The predicted molar refractivity (Wildman–Crippen MR) is 134 cm³/mol. The van der Waals surface area contributed by atoms with Crippen molar-refractivity contribution in [1.29, 1.82) is 0 Å². The standard InChI is InChI=1S/C24H40BN5O5/c1-16(29-21(32)33-22(2,3)4)19(31)30-11-9-10-17(15-30)12-26-20-27-13-18(14-28-20)25-34-23(5,6)24(7,8)35-25/h13-14,16-17H,9-12,15H2,1-8H3,(H,29,32)(H,26,27,28)/t16-,17-/m1/s1. The van der Waals surface area contributed by atoms with Gasteiger partial charge in [0, 0.05) is 37.5 Å². The van der Waals surface area contributed by atoms with E-state index in [0.717, 1.165) is 18.3 Å². The van der Waals surface area contributed by atoms with Crippen LogP contribution in [-0.4, -0.2) is 76.5 Å². The van der Waals surface area contributed by atoms with Gasteiger partial charge in [0.2, 0.25) is 11.9 Å². The van der Waals surface area contributed by atoms with Crippen molar-refractivity contribution < 1.29 is 23.6 Å². The third kappa shape index (κ3) is 7.07. The summed E-state index contributed by atoms with van der Waals surface area (Å²) in [6.07, 6.45) is 4.75. The van der Waals surface area contributed by atoms with Crippen LogP contribution in [0.25, 0.3) is 0 Å². The lowest BCUT2D eigenvalue weighted by Crippen LogP contribution is -2.51. The summed E-state index contributed by atoms with van der Waals surface area (Å²) >= 11 is 0. The van der Waals surface area contributed by atoms with Gasteiger partial charge in [-0.25, -0.2) is 14.8 Å². The molecule has 3 heterocycles. The second-order valence-corrected chi connectivity index (χ2v) is 11.5. The zero-order chi connectivity index (χ0) is 26.0. The van der Waals surface area contributed by atoms with Crippen LogP contribution in [-0.2, 0) is 18.8 Å². The van der Waals surface area contributed by atoms with E-state index in [9.17, 15) is 9.59 Å². The highest BCUT2D eigenvalue weighted by Gasteiger charge is 2.52. The van der Waals surface area contributed by atoms with Gasteiger partial charge in [-0.2, -0.15) is 0 Å². The minimum atomic E-state index is -0.651. The van der Waals surface area contributed by atoms with Gasteiger partial charge in [0.15, 0.2) is 0 Å². The maximum Gasteiger partial charge on any atom is 0.498 e. The minimum Gasteiger partial charge on any atom is -0.444 e. The van der Waals surface area contributed by atoms with Gasteiger partial charge < -0.3 is 29.6 Å². The van der Waals surface area contributed by atoms with Gasteiger partial charge in [0.1, 0.15) is 11.6 Å². The fraction of sp³-hybridized carbons (Fsp3) is 0.750. The summed E-state index contributed by atoms with van der Waals surface area (Å²) in [5.74, 6) is 0.671. The third-order valence-corrected chi connectivity index (χ3v) is 6.68. The molecule has 2 aliphatic rings. The van der Waals surface area contributed by atoms with Crippen molar-refractivity contribution in [1.82, 2.24) is 20.2 Å². The van der Waals surface area contributed by atoms with E-state index in [2.05, 4.69) is 20.6 Å². The van der Waals surface area contributed by atoms with Crippen molar-refractivity contribution in [2.45, 2.75) is 91.1 Å². The number of likely N-dealkylation sites (tertiary alicyclic amines) is 1. The van der Waals surface area contributed by atoms with Gasteiger partial charge in [-0.1, -0.05) is 0 Å². The van der Waals surface area contributed by atoms with Crippen LogP contribution >= 0.6 is 0 Å². The summed E-state index contributed by atoms with van der Waals surface area (Å²) in [7, 11) is -0.497. The number of carbonyl (C=O) groups excluding carboxylic acids is 2. The van der Waals surface area contributed by atoms with Gasteiger partial charge in [-0.3, -0.25) is 4.79 Å². The maximum absolute atomic E-state index is 12.9. The summed E-state index contributed by atoms with van der Waals surface area (Å²) in [6, 6.07) is -0.651. The van der Waals surface area contributed by atoms with E-state index in [1.54, 1.807) is 45.0 Å². The Morgan fingerprint density at radius 3 is 2.37 bits per heavy atom. The number of aromatic nitrogens is 2. The van der Waals surface area contributed by atoms with Crippen LogP contribution in [0.2, 0.25) is 0 Å². The van der Waals surface area contributed by atoms with Crippen LogP contribution in [0.1, 0.15) is 68.2 Å². The van der Waals surface area contributed by atoms with E-state index < -0.39 is 36.1 Å². The number of ether oxygens (including phenoxy) is 1. The van der Waals surface area contributed by atoms with Gasteiger partial charge >= 0.3 is 13.2 Å². The third-order valence-electron chi connectivity index (χ3n) is 6.68. The number of anilines is 1. The fourth-order valence-corrected chi connectivity index (χ4v) is 4.02. The van der Waals surface area contributed by atoms with E-state index in [0.29, 0.717) is 25.6 Å². The molecule has 0 bridgehead atoms. The van der Waals surface area contributed by atoms with Crippen LogP contribution in [0.15, 0.2) is 12.4 Å². The first-order valence-electron chi connectivity index (χ1n) is 12.4. The highest BCUT2D eigenvalue weighted by molar-refractivity contribution is 6.61. The van der Waals surface area contributed by atoms with Crippen LogP contribution in [0.5, 0.6) is 0 Å². The molecule has 10 nitrogen and oxygen atoms in total. The van der Waals surface area contributed by atoms with Gasteiger partial charge in [0.05, 0.1) is 11.2 Å². The molecule has 194 valence electrons. The second kappa shape index (κ2) is 10.3. The van der Waals surface area contributed by atoms with E-state index >= 15 is 0 Å². The first kappa shape index (κ1) is 27.2. The van der Waals surface area contributed by atoms with E-state index in [4.69, 9.17) is 14.0 Å². The molecule has 2 saturated heterocycles. The topological polar surface area (TPSA) is 115 Å². The lowest BCUT2D eigenvalue weighted by molar-refractivity contribution is -0.134. The van der Waals surface area contributed by atoms with Crippen LogP contribution < -0.4 is 16.1 Å². The van der Waals surface area contributed by atoms with Gasteiger partial charge in [0.25, 0.3) is 0 Å². The SMILES string of the molecule is C[C@@H](NC(=O)OC(C)(C)C)C(=O)N1CCC[C@H](CNc2ncc(B3OC(C)(C)C(C)(C)O3)cn2)C1. The van der Waals surface area contributed by atoms with Crippen LogP contribution in [0.4, 0.5) is 10.7 Å². The largest absolute Gasteiger partial charge is 0.498 e. The number of piperidine rings is 1. The number of nitrogens with one attached hydrogen (secondary N) is 2. The Bertz CT molecular complexity index is 887. The Labute approximate surface area is 209 Å². The van der Waals surface area contributed by atoms with Crippen molar-refractivity contribution in [2.75, 3.05) is 25.0 Å². The van der Waals surface area contributed by atoms with Crippen molar-refractivity contribution in [3.63, 3.8) is 0 Å². The molecule has 0 aliphatic carbocycles. The first-order chi connectivity index (χ1) is 16.2. The Morgan fingerprint density at radius 1 is 1.20 bits per heavy atom. The smallest absolute Gasteiger partial charge is 0.444 e. The summed E-state index contributed by atoms with van der Waals surface area (Å²) in [4.78, 5) is 35.5. The quantitative estimate of drug-likeness (QED) is 0.586. The molecular weight excluding hydrogens is 449 g/mol. The number of hydrogen-bond donors (Lipinski definition) is 2. The number of hydrogen-bond acceptors (Lipinski definition) is 8. The minimum absolute atomic E-state index is 0.108. The molecule has 2 amide bonds. The molecule has 2 atom stereocenters. The molecule has 0 radical (unpaired) electrons. The number of amides is 2. The van der Waals surface area contributed by atoms with E-state index in [-0.39, 0.29) is 11.8 Å². The number of carbonyl (C=O) groups is 2. The molecule has 11 heteroatoms. The number of nitrogens with zero attached hydrogens (tertiary/aromatic N) is 3. The molecule has 1 aromatic heterocycles. The highest BCUT2D eigenvalue weighted by atomic mass is 16.7. The molecule has 0 aromatic carbocycles. The molecule has 2 N–H and O–H groups in total. The fourth-order valence-electron chi connectivity index (χ4n) is 4.02. The van der Waals surface area contributed by atoms with Crippen molar-refractivity contribution in [3.05, 3.63) is 12.4 Å². The highest BCUT2D eigenvalue weighted by Crippen LogP contribution is 2.36. The maximum atomic E-state index is 12.9. The average molecular weight is 489 g/mol. The lowest BCUT2D eigenvalue weighted by Gasteiger charge is -2.34. The molecule has 0 unspecified atom stereocenters. The number of rotatable bonds is 6. The van der Waals surface area contributed by atoms with Gasteiger partial charge in [-0.05, 0) is 74.1 Å². The molecule has 2 fully saturated rings. The van der Waals surface area contributed by atoms with Gasteiger partial charge in [-0.15, -0.1) is 0 Å². The number of alkyl carbamates (subject to hydrolysis) is 1. The van der Waals surface area contributed by atoms with Crippen molar-refractivity contribution >= 4 is 30.5 Å². The second-order valence-electron chi connectivity index (χ2n) is 11.5. The molecule has 35 heavy (non-hydrogen) atoms. The zero-order valence-electron chi connectivity index (χ0n) is 22.3. The Morgan fingerprint density at radius 2 is 1.80 bits per heavy atom. The molecule has 0 saturated carbocycles. The van der Waals surface area contributed by atoms with Crippen LogP contribution in [0.3, 0.4) is 0 Å². The molecule has 1 aromatic rings. The van der Waals surface area contributed by atoms with Crippen molar-refractivity contribution in [2.24, 2.45) is 5.92 Å². The molecule has 2 aliphatic heterocycles. The Kier molecular flexibility index (Phi) is 8.01. The summed E-state index contributed by atoms with van der Waals surface area (Å²) in [5.41, 5.74) is -0.674. The lowest BCUT2D eigenvalue weighted by atomic mass is 9.81.